The molecule has 2 N–H and O–H groups in total. The third-order valence-corrected chi connectivity index (χ3v) is 4.60. The maximum Gasteiger partial charge on any atom is 0.405 e. The minimum absolute atomic E-state index is 0.00348. The van der Waals surface area contributed by atoms with Crippen molar-refractivity contribution in [2.75, 3.05) is 16.6 Å². The first kappa shape index (κ1) is 18.8. The zero-order valence-corrected chi connectivity index (χ0v) is 13.9. The summed E-state index contributed by atoms with van der Waals surface area (Å²) in [5, 5.41) is 2.15. The Hall–Kier alpha value is -2.55. The summed E-state index contributed by atoms with van der Waals surface area (Å²) >= 11 is 0. The van der Waals surface area contributed by atoms with Crippen molar-refractivity contribution in [3.8, 4) is 0 Å². The SMILES string of the molecule is CC(=O)c1ccc(S(=O)(=O)Nc2ccccc2NCC(F)(F)F)cc1. The molecule has 0 atom stereocenters. The van der Waals surface area contributed by atoms with Gasteiger partial charge in [-0.05, 0) is 31.2 Å². The summed E-state index contributed by atoms with van der Waals surface area (Å²) in [6.45, 7) is 0.0589. The first-order chi connectivity index (χ1) is 11.6. The molecule has 134 valence electrons. The van der Waals surface area contributed by atoms with E-state index in [1.807, 2.05) is 0 Å². The molecule has 0 unspecified atom stereocenters. The number of ketones is 1. The van der Waals surface area contributed by atoms with Crippen molar-refractivity contribution < 1.29 is 26.4 Å². The Kier molecular flexibility index (Phi) is 5.36. The van der Waals surface area contributed by atoms with E-state index < -0.39 is 22.7 Å². The lowest BCUT2D eigenvalue weighted by molar-refractivity contribution is -0.115. The highest BCUT2D eigenvalue weighted by molar-refractivity contribution is 7.92. The fourth-order valence-corrected chi connectivity index (χ4v) is 3.07. The normalized spacial score (nSPS) is 11.8. The summed E-state index contributed by atoms with van der Waals surface area (Å²) in [6.07, 6.45) is -4.44. The summed E-state index contributed by atoms with van der Waals surface area (Å²) in [7, 11) is -4.01. The van der Waals surface area contributed by atoms with Crippen LogP contribution in [-0.2, 0) is 10.0 Å². The van der Waals surface area contributed by atoms with Crippen molar-refractivity contribution in [2.24, 2.45) is 0 Å². The number of hydrogen-bond donors (Lipinski definition) is 2. The molecule has 0 radical (unpaired) electrons. The highest BCUT2D eigenvalue weighted by Crippen LogP contribution is 2.26. The molecule has 0 aromatic heterocycles. The van der Waals surface area contributed by atoms with E-state index in [2.05, 4.69) is 10.0 Å². The largest absolute Gasteiger partial charge is 0.405 e. The number of hydrogen-bond acceptors (Lipinski definition) is 4. The van der Waals surface area contributed by atoms with Gasteiger partial charge in [0.2, 0.25) is 0 Å². The fraction of sp³-hybridized carbons (Fsp3) is 0.188. The number of nitrogens with one attached hydrogen (secondary N) is 2. The van der Waals surface area contributed by atoms with Gasteiger partial charge < -0.3 is 5.32 Å². The lowest BCUT2D eigenvalue weighted by Gasteiger charge is -2.15. The number of sulfonamides is 1. The topological polar surface area (TPSA) is 75.3 Å². The van der Waals surface area contributed by atoms with Gasteiger partial charge in [-0.3, -0.25) is 9.52 Å². The van der Waals surface area contributed by atoms with Crippen molar-refractivity contribution in [3.05, 3.63) is 54.1 Å². The monoisotopic (exact) mass is 372 g/mol. The molecule has 2 aromatic carbocycles. The van der Waals surface area contributed by atoms with Crippen LogP contribution < -0.4 is 10.0 Å². The summed E-state index contributed by atoms with van der Waals surface area (Å²) in [5.74, 6) is -0.210. The zero-order valence-electron chi connectivity index (χ0n) is 13.1. The number of carbonyl (C=O) groups is 1. The molecule has 25 heavy (non-hydrogen) atoms. The molecule has 0 amide bonds. The Morgan fingerprint density at radius 3 is 2.08 bits per heavy atom. The molecule has 0 aliphatic rings. The third kappa shape index (κ3) is 5.21. The summed E-state index contributed by atoms with van der Waals surface area (Å²) < 4.78 is 64.1. The van der Waals surface area contributed by atoms with Crippen LogP contribution in [0.5, 0.6) is 0 Å². The molecular formula is C16H15F3N2O3S. The molecule has 9 heteroatoms. The molecule has 0 spiro atoms. The number of Topliss-reactive ketones (excluding diaryl/α,β-unsaturated/α-hetero) is 1. The van der Waals surface area contributed by atoms with Crippen LogP contribution in [0.25, 0.3) is 0 Å². The minimum Gasteiger partial charge on any atom is -0.375 e. The van der Waals surface area contributed by atoms with Crippen LogP contribution >= 0.6 is 0 Å². The second kappa shape index (κ2) is 7.14. The van der Waals surface area contributed by atoms with E-state index in [4.69, 9.17) is 0 Å². The number of alkyl halides is 3. The van der Waals surface area contributed by atoms with E-state index in [0.29, 0.717) is 5.56 Å². The molecule has 0 fully saturated rings. The first-order valence-corrected chi connectivity index (χ1v) is 8.60. The molecule has 0 bridgehead atoms. The standard InChI is InChI=1S/C16H15F3N2O3S/c1-11(22)12-6-8-13(9-7-12)25(23,24)21-15-5-3-2-4-14(15)20-10-16(17,18)19/h2-9,20-21H,10H2,1H3. The van der Waals surface area contributed by atoms with Crippen LogP contribution in [0, 0.1) is 0 Å². The molecule has 2 aromatic rings. The van der Waals surface area contributed by atoms with E-state index in [1.165, 1.54) is 55.5 Å². The van der Waals surface area contributed by atoms with E-state index >= 15 is 0 Å². The van der Waals surface area contributed by atoms with E-state index in [0.717, 1.165) is 0 Å². The molecule has 0 aliphatic carbocycles. The van der Waals surface area contributed by atoms with Crippen molar-refractivity contribution in [1.29, 1.82) is 0 Å². The second-order valence-corrected chi connectivity index (χ2v) is 6.88. The minimum atomic E-state index is -4.44. The van der Waals surface area contributed by atoms with Crippen LogP contribution in [0.3, 0.4) is 0 Å². The third-order valence-electron chi connectivity index (χ3n) is 3.22. The van der Waals surface area contributed by atoms with E-state index in [-0.39, 0.29) is 22.1 Å². The second-order valence-electron chi connectivity index (χ2n) is 5.20. The summed E-state index contributed by atoms with van der Waals surface area (Å²) in [4.78, 5) is 11.1. The van der Waals surface area contributed by atoms with Gasteiger partial charge in [-0.25, -0.2) is 8.42 Å². The highest BCUT2D eigenvalue weighted by atomic mass is 32.2. The Morgan fingerprint density at radius 2 is 1.56 bits per heavy atom. The van der Waals surface area contributed by atoms with Crippen molar-refractivity contribution in [1.82, 2.24) is 0 Å². The number of benzene rings is 2. The van der Waals surface area contributed by atoms with Crippen molar-refractivity contribution in [2.45, 2.75) is 18.0 Å². The van der Waals surface area contributed by atoms with Gasteiger partial charge in [0.1, 0.15) is 6.54 Å². The predicted octanol–water partition coefficient (Wildman–Crippen LogP) is 3.66. The predicted molar refractivity (Wildman–Crippen MR) is 88.2 cm³/mol. The fourth-order valence-electron chi connectivity index (χ4n) is 1.99. The average Bonchev–Trinajstić information content (AvgIpc) is 2.53. The van der Waals surface area contributed by atoms with Gasteiger partial charge in [0.15, 0.2) is 5.78 Å². The van der Waals surface area contributed by atoms with Crippen LogP contribution in [0.2, 0.25) is 0 Å². The number of para-hydroxylation sites is 2. The Balaban J connectivity index is 2.24. The van der Waals surface area contributed by atoms with Gasteiger partial charge in [0.05, 0.1) is 16.3 Å². The molecule has 0 heterocycles. The first-order valence-electron chi connectivity index (χ1n) is 7.12. The lowest BCUT2D eigenvalue weighted by atomic mass is 10.2. The number of carbonyl (C=O) groups excluding carboxylic acids is 1. The molecule has 0 saturated heterocycles. The maximum absolute atomic E-state index is 12.4. The van der Waals surface area contributed by atoms with Gasteiger partial charge in [-0.15, -0.1) is 0 Å². The number of anilines is 2. The molecular weight excluding hydrogens is 357 g/mol. The smallest absolute Gasteiger partial charge is 0.375 e. The van der Waals surface area contributed by atoms with Crippen LogP contribution in [0.4, 0.5) is 24.5 Å². The maximum atomic E-state index is 12.4. The van der Waals surface area contributed by atoms with Crippen LogP contribution in [0.1, 0.15) is 17.3 Å². The lowest BCUT2D eigenvalue weighted by Crippen LogP contribution is -2.22. The van der Waals surface area contributed by atoms with Gasteiger partial charge in [-0.2, -0.15) is 13.2 Å². The quantitative estimate of drug-likeness (QED) is 0.759. The highest BCUT2D eigenvalue weighted by Gasteiger charge is 2.27. The Morgan fingerprint density at radius 1 is 1.00 bits per heavy atom. The molecule has 0 saturated carbocycles. The Labute approximate surface area is 142 Å². The van der Waals surface area contributed by atoms with E-state index in [9.17, 15) is 26.4 Å². The zero-order chi connectivity index (χ0) is 18.7. The van der Waals surface area contributed by atoms with E-state index in [1.54, 1.807) is 0 Å². The molecule has 5 nitrogen and oxygen atoms in total. The van der Waals surface area contributed by atoms with Gasteiger partial charge >= 0.3 is 6.18 Å². The summed E-state index contributed by atoms with van der Waals surface area (Å²) in [6, 6.07) is 10.9. The summed E-state index contributed by atoms with van der Waals surface area (Å²) in [5.41, 5.74) is 0.345. The molecule has 2 rings (SSSR count). The van der Waals surface area contributed by atoms with Gasteiger partial charge in [0.25, 0.3) is 10.0 Å². The number of rotatable bonds is 6. The van der Waals surface area contributed by atoms with Crippen LogP contribution in [0.15, 0.2) is 53.4 Å². The average molecular weight is 372 g/mol. The van der Waals surface area contributed by atoms with Gasteiger partial charge in [0, 0.05) is 5.56 Å². The molecule has 0 aliphatic heterocycles. The van der Waals surface area contributed by atoms with Crippen molar-refractivity contribution in [3.63, 3.8) is 0 Å². The van der Waals surface area contributed by atoms with Crippen molar-refractivity contribution >= 4 is 27.2 Å². The number of halogens is 3. The Bertz CT molecular complexity index is 863. The van der Waals surface area contributed by atoms with Crippen LogP contribution in [-0.4, -0.2) is 26.9 Å². The van der Waals surface area contributed by atoms with Gasteiger partial charge in [-0.1, -0.05) is 24.3 Å².